The van der Waals surface area contributed by atoms with Gasteiger partial charge in [-0.2, -0.15) is 0 Å². The summed E-state index contributed by atoms with van der Waals surface area (Å²) in [5.41, 5.74) is 4.10. The van der Waals surface area contributed by atoms with E-state index >= 15 is 0 Å². The molecule has 19 heavy (non-hydrogen) atoms. The van der Waals surface area contributed by atoms with E-state index in [1.54, 1.807) is 0 Å². The summed E-state index contributed by atoms with van der Waals surface area (Å²) in [6.45, 7) is 12.7. The number of hydrogen-bond acceptors (Lipinski definition) is 2. The Balaban J connectivity index is 0.000000399. The van der Waals surface area contributed by atoms with E-state index in [-0.39, 0.29) is 0 Å². The molecule has 1 aliphatic carbocycles. The van der Waals surface area contributed by atoms with E-state index in [1.165, 1.54) is 16.7 Å². The molecule has 1 aliphatic rings. The van der Waals surface area contributed by atoms with Crippen molar-refractivity contribution < 1.29 is 0 Å². The van der Waals surface area contributed by atoms with Gasteiger partial charge in [-0.25, -0.2) is 0 Å². The van der Waals surface area contributed by atoms with Crippen LogP contribution in [-0.2, 0) is 6.42 Å². The van der Waals surface area contributed by atoms with Crippen molar-refractivity contribution in [2.24, 2.45) is 11.8 Å². The zero-order valence-corrected chi connectivity index (χ0v) is 13.5. The zero-order chi connectivity index (χ0) is 14.4. The lowest BCUT2D eigenvalue weighted by molar-refractivity contribution is 0.444. The van der Waals surface area contributed by atoms with E-state index in [9.17, 15) is 0 Å². The van der Waals surface area contributed by atoms with Crippen LogP contribution in [0.5, 0.6) is 0 Å². The van der Waals surface area contributed by atoms with Crippen molar-refractivity contribution in [2.75, 3.05) is 0 Å². The lowest BCUT2D eigenvalue weighted by Crippen LogP contribution is -2.24. The summed E-state index contributed by atoms with van der Waals surface area (Å²) in [6, 6.07) is 8.97. The highest BCUT2D eigenvalue weighted by Gasteiger charge is 2.25. The molecule has 0 bridgehead atoms. The van der Waals surface area contributed by atoms with Crippen molar-refractivity contribution in [1.29, 1.82) is 0 Å². The number of rotatable bonds is 2. The standard InChI is InChI=1S/C13H17NS.C4H10/c1-9(2)11-7-10-5-3-4-6-12(10)13(8-11)14-15;1-4(2)3/h3-6,11,13-15H,1,7-8H2,2H3;4H,1-3H3/t11-,13?;/m1./s1. The Morgan fingerprint density at radius 3 is 2.42 bits per heavy atom. The maximum atomic E-state index is 4.22. The number of hydrogen-bond donors (Lipinski definition) is 2. The maximum absolute atomic E-state index is 4.22. The third-order valence-corrected chi connectivity index (χ3v) is 3.58. The monoisotopic (exact) mass is 277 g/mol. The molecule has 2 heteroatoms. The van der Waals surface area contributed by atoms with Gasteiger partial charge in [0, 0.05) is 6.04 Å². The molecule has 0 spiro atoms. The summed E-state index contributed by atoms with van der Waals surface area (Å²) >= 11 is 4.22. The SMILES string of the molecule is C=C(C)[C@@H]1Cc2ccccc2C(NS)C1.CC(C)C. The van der Waals surface area contributed by atoms with Gasteiger partial charge in [0.2, 0.25) is 0 Å². The van der Waals surface area contributed by atoms with Gasteiger partial charge < -0.3 is 0 Å². The van der Waals surface area contributed by atoms with Crippen LogP contribution >= 0.6 is 12.8 Å². The number of fused-ring (bicyclic) bond motifs is 1. The molecule has 0 fully saturated rings. The summed E-state index contributed by atoms with van der Waals surface area (Å²) in [4.78, 5) is 0. The number of allylic oxidation sites excluding steroid dienone is 1. The van der Waals surface area contributed by atoms with Crippen LogP contribution in [0, 0.1) is 11.8 Å². The minimum Gasteiger partial charge on any atom is -0.259 e. The highest BCUT2D eigenvalue weighted by molar-refractivity contribution is 7.78. The Morgan fingerprint density at radius 1 is 1.32 bits per heavy atom. The van der Waals surface area contributed by atoms with Crippen molar-refractivity contribution in [2.45, 2.75) is 46.6 Å². The van der Waals surface area contributed by atoms with Gasteiger partial charge in [-0.05, 0) is 42.7 Å². The third-order valence-electron chi connectivity index (χ3n) is 3.27. The second-order valence-corrected chi connectivity index (χ2v) is 6.35. The summed E-state index contributed by atoms with van der Waals surface area (Å²) in [5, 5.41) is 0. The Morgan fingerprint density at radius 2 is 1.89 bits per heavy atom. The van der Waals surface area contributed by atoms with Crippen molar-refractivity contribution in [1.82, 2.24) is 4.72 Å². The van der Waals surface area contributed by atoms with Gasteiger partial charge in [-0.1, -0.05) is 70.0 Å². The molecule has 2 atom stereocenters. The zero-order valence-electron chi connectivity index (χ0n) is 12.6. The molecule has 0 radical (unpaired) electrons. The van der Waals surface area contributed by atoms with E-state index in [4.69, 9.17) is 0 Å². The third kappa shape index (κ3) is 5.04. The van der Waals surface area contributed by atoms with E-state index in [0.29, 0.717) is 12.0 Å². The highest BCUT2D eigenvalue weighted by Crippen LogP contribution is 2.36. The average Bonchev–Trinajstić information content (AvgIpc) is 2.36. The van der Waals surface area contributed by atoms with Crippen LogP contribution in [-0.4, -0.2) is 0 Å². The molecule has 0 saturated carbocycles. The molecule has 0 heterocycles. The number of thiol groups is 1. The minimum atomic E-state index is 0.361. The summed E-state index contributed by atoms with van der Waals surface area (Å²) < 4.78 is 3.10. The van der Waals surface area contributed by atoms with Gasteiger partial charge in [-0.3, -0.25) is 4.72 Å². The molecule has 2 rings (SSSR count). The molecule has 1 unspecified atom stereocenters. The minimum absolute atomic E-state index is 0.361. The molecule has 1 nitrogen and oxygen atoms in total. The quantitative estimate of drug-likeness (QED) is 0.575. The van der Waals surface area contributed by atoms with E-state index < -0.39 is 0 Å². The summed E-state index contributed by atoms with van der Waals surface area (Å²) in [6.07, 6.45) is 2.23. The molecular formula is C17H27NS. The van der Waals surface area contributed by atoms with Gasteiger partial charge in [0.1, 0.15) is 0 Å². The highest BCUT2D eigenvalue weighted by atomic mass is 32.1. The lowest BCUT2D eigenvalue weighted by Gasteiger charge is -2.31. The number of benzene rings is 1. The van der Waals surface area contributed by atoms with Crippen LogP contribution in [0.1, 0.15) is 51.3 Å². The molecule has 0 amide bonds. The summed E-state index contributed by atoms with van der Waals surface area (Å²) in [7, 11) is 0. The van der Waals surface area contributed by atoms with Crippen molar-refractivity contribution in [3.8, 4) is 0 Å². The largest absolute Gasteiger partial charge is 0.259 e. The fourth-order valence-electron chi connectivity index (χ4n) is 2.32. The van der Waals surface area contributed by atoms with Gasteiger partial charge in [0.05, 0.1) is 0 Å². The smallest absolute Gasteiger partial charge is 0.0427 e. The Kier molecular flexibility index (Phi) is 6.67. The molecule has 0 aliphatic heterocycles. The van der Waals surface area contributed by atoms with Gasteiger partial charge >= 0.3 is 0 Å². The van der Waals surface area contributed by atoms with Crippen molar-refractivity contribution in [3.63, 3.8) is 0 Å². The van der Waals surface area contributed by atoms with Crippen LogP contribution in [0.2, 0.25) is 0 Å². The molecule has 106 valence electrons. The van der Waals surface area contributed by atoms with Crippen molar-refractivity contribution in [3.05, 3.63) is 47.5 Å². The Hall–Kier alpha value is -0.730. The topological polar surface area (TPSA) is 12.0 Å². The first-order valence-electron chi connectivity index (χ1n) is 7.08. The first kappa shape index (κ1) is 16.3. The van der Waals surface area contributed by atoms with E-state index in [1.807, 2.05) is 0 Å². The fraction of sp³-hybridized carbons (Fsp3) is 0.529. The number of nitrogens with one attached hydrogen (secondary N) is 1. The molecule has 1 N–H and O–H groups in total. The normalized spacial score (nSPS) is 21.4. The maximum Gasteiger partial charge on any atom is 0.0427 e. The fourth-order valence-corrected chi connectivity index (χ4v) is 2.56. The molecule has 0 saturated heterocycles. The second-order valence-electron chi connectivity index (χ2n) is 6.10. The van der Waals surface area contributed by atoms with Crippen LogP contribution in [0.25, 0.3) is 0 Å². The van der Waals surface area contributed by atoms with Crippen molar-refractivity contribution >= 4 is 12.8 Å². The van der Waals surface area contributed by atoms with Gasteiger partial charge in [0.25, 0.3) is 0 Å². The van der Waals surface area contributed by atoms with E-state index in [0.717, 1.165) is 18.8 Å². The van der Waals surface area contributed by atoms with Crippen LogP contribution in [0.4, 0.5) is 0 Å². The van der Waals surface area contributed by atoms with E-state index in [2.05, 4.69) is 76.1 Å². The van der Waals surface area contributed by atoms with Crippen LogP contribution in [0.3, 0.4) is 0 Å². The molecule has 0 aromatic heterocycles. The lowest BCUT2D eigenvalue weighted by atomic mass is 9.78. The average molecular weight is 277 g/mol. The molecule has 1 aromatic carbocycles. The molecule has 1 aromatic rings. The second kappa shape index (κ2) is 7.76. The summed E-state index contributed by atoms with van der Waals surface area (Å²) in [5.74, 6) is 1.42. The predicted octanol–water partition coefficient (Wildman–Crippen LogP) is 4.96. The van der Waals surface area contributed by atoms with Crippen LogP contribution < -0.4 is 4.72 Å². The predicted molar refractivity (Wildman–Crippen MR) is 88.4 cm³/mol. The Bertz CT molecular complexity index is 409. The first-order valence-corrected chi connectivity index (χ1v) is 7.53. The first-order chi connectivity index (χ1) is 8.95. The Labute approximate surface area is 124 Å². The molecular weight excluding hydrogens is 250 g/mol. The van der Waals surface area contributed by atoms with Crippen LogP contribution in [0.15, 0.2) is 36.4 Å². The van der Waals surface area contributed by atoms with Gasteiger partial charge in [0.15, 0.2) is 0 Å². The van der Waals surface area contributed by atoms with Gasteiger partial charge in [-0.15, -0.1) is 0 Å².